The quantitative estimate of drug-likeness (QED) is 0.684. The highest BCUT2D eigenvalue weighted by molar-refractivity contribution is 5.77. The second-order valence-electron chi connectivity index (χ2n) is 4.55. The summed E-state index contributed by atoms with van der Waals surface area (Å²) in [4.78, 5) is 10.9. The van der Waals surface area contributed by atoms with Crippen molar-refractivity contribution in [1.29, 1.82) is 0 Å². The third-order valence-electron chi connectivity index (χ3n) is 3.91. The van der Waals surface area contributed by atoms with Crippen molar-refractivity contribution in [3.05, 3.63) is 11.1 Å². The molecule has 0 amide bonds. The van der Waals surface area contributed by atoms with Crippen LogP contribution >= 0.6 is 0 Å². The molecule has 0 bridgehead atoms. The molecule has 78 valence electrons. The van der Waals surface area contributed by atoms with Gasteiger partial charge in [0.1, 0.15) is 6.29 Å². The Morgan fingerprint density at radius 1 is 1.57 bits per heavy atom. The van der Waals surface area contributed by atoms with Crippen LogP contribution < -0.4 is 0 Å². The van der Waals surface area contributed by atoms with Crippen LogP contribution in [0.5, 0.6) is 0 Å². The number of allylic oxidation sites excluding steroid dienone is 1. The number of carbonyl (C=O) groups excluding carboxylic acids is 1. The van der Waals surface area contributed by atoms with E-state index in [2.05, 4.69) is 0 Å². The Morgan fingerprint density at radius 3 is 3.00 bits per heavy atom. The topological polar surface area (TPSA) is 37.3 Å². The highest BCUT2D eigenvalue weighted by atomic mass is 16.3. The van der Waals surface area contributed by atoms with Gasteiger partial charge in [0, 0.05) is 0 Å². The molecule has 1 N–H and O–H groups in total. The van der Waals surface area contributed by atoms with E-state index in [-0.39, 0.29) is 0 Å². The van der Waals surface area contributed by atoms with E-state index in [1.165, 1.54) is 6.42 Å². The molecule has 0 aliphatic heterocycles. The summed E-state index contributed by atoms with van der Waals surface area (Å²) in [5, 5.41) is 10.6. The summed E-state index contributed by atoms with van der Waals surface area (Å²) < 4.78 is 0. The summed E-state index contributed by atoms with van der Waals surface area (Å²) in [6, 6.07) is 0. The van der Waals surface area contributed by atoms with Crippen LogP contribution in [0.1, 0.15) is 45.4 Å². The largest absolute Gasteiger partial charge is 0.385 e. The van der Waals surface area contributed by atoms with Gasteiger partial charge in [0.15, 0.2) is 0 Å². The van der Waals surface area contributed by atoms with Gasteiger partial charge >= 0.3 is 0 Å². The summed E-state index contributed by atoms with van der Waals surface area (Å²) >= 11 is 0. The van der Waals surface area contributed by atoms with Gasteiger partial charge in [-0.15, -0.1) is 0 Å². The lowest BCUT2D eigenvalue weighted by molar-refractivity contribution is -0.105. The lowest BCUT2D eigenvalue weighted by Crippen LogP contribution is -2.38. The SMILES string of the molecule is CCC1=C(C=O)CC2CCCCC12O. The van der Waals surface area contributed by atoms with Crippen LogP contribution in [0.2, 0.25) is 0 Å². The van der Waals surface area contributed by atoms with Gasteiger partial charge in [0.05, 0.1) is 5.60 Å². The van der Waals surface area contributed by atoms with Crippen LogP contribution in [0, 0.1) is 5.92 Å². The van der Waals surface area contributed by atoms with Crippen molar-refractivity contribution in [3.8, 4) is 0 Å². The molecule has 0 aromatic rings. The smallest absolute Gasteiger partial charge is 0.146 e. The van der Waals surface area contributed by atoms with Crippen molar-refractivity contribution in [3.63, 3.8) is 0 Å². The Labute approximate surface area is 85.0 Å². The lowest BCUT2D eigenvalue weighted by atomic mass is 9.74. The van der Waals surface area contributed by atoms with Gasteiger partial charge < -0.3 is 5.11 Å². The van der Waals surface area contributed by atoms with Crippen LogP contribution in [0.15, 0.2) is 11.1 Å². The van der Waals surface area contributed by atoms with E-state index < -0.39 is 5.60 Å². The molecule has 0 radical (unpaired) electrons. The molecule has 2 heteroatoms. The minimum atomic E-state index is -0.622. The molecule has 2 aliphatic rings. The van der Waals surface area contributed by atoms with Gasteiger partial charge in [0.2, 0.25) is 0 Å². The lowest BCUT2D eigenvalue weighted by Gasteiger charge is -2.37. The first-order valence-electron chi connectivity index (χ1n) is 5.62. The number of fused-ring (bicyclic) bond motifs is 1. The standard InChI is InChI=1S/C12H18O2/c1-2-11-9(8-13)7-10-5-3-4-6-12(10,11)14/h8,10,14H,2-7H2,1H3. The van der Waals surface area contributed by atoms with Gasteiger partial charge in [0.25, 0.3) is 0 Å². The predicted octanol–water partition coefficient (Wildman–Crippen LogP) is 2.22. The number of rotatable bonds is 2. The molecule has 2 nitrogen and oxygen atoms in total. The molecule has 2 aliphatic carbocycles. The van der Waals surface area contributed by atoms with Crippen LogP contribution in [0.25, 0.3) is 0 Å². The zero-order chi connectivity index (χ0) is 10.2. The van der Waals surface area contributed by atoms with E-state index >= 15 is 0 Å². The predicted molar refractivity (Wildman–Crippen MR) is 54.9 cm³/mol. The Morgan fingerprint density at radius 2 is 2.36 bits per heavy atom. The maximum absolute atomic E-state index is 10.9. The summed E-state index contributed by atoms with van der Waals surface area (Å²) in [6.07, 6.45) is 6.83. The zero-order valence-corrected chi connectivity index (χ0v) is 8.75. The molecule has 1 fully saturated rings. The van der Waals surface area contributed by atoms with Crippen molar-refractivity contribution < 1.29 is 9.90 Å². The molecular formula is C12H18O2. The van der Waals surface area contributed by atoms with E-state index in [0.29, 0.717) is 5.92 Å². The summed E-state index contributed by atoms with van der Waals surface area (Å²) in [7, 11) is 0. The first-order chi connectivity index (χ1) is 6.72. The average molecular weight is 194 g/mol. The number of aliphatic hydroxyl groups is 1. The van der Waals surface area contributed by atoms with Crippen molar-refractivity contribution in [2.45, 2.75) is 51.0 Å². The maximum Gasteiger partial charge on any atom is 0.146 e. The van der Waals surface area contributed by atoms with Crippen molar-refractivity contribution in [2.24, 2.45) is 5.92 Å². The van der Waals surface area contributed by atoms with E-state index in [1.807, 2.05) is 6.92 Å². The Bertz CT molecular complexity index is 280. The second-order valence-corrected chi connectivity index (χ2v) is 4.55. The van der Waals surface area contributed by atoms with Crippen LogP contribution in [0.4, 0.5) is 0 Å². The summed E-state index contributed by atoms with van der Waals surface area (Å²) in [6.45, 7) is 2.04. The molecule has 1 saturated carbocycles. The number of aldehydes is 1. The molecule has 14 heavy (non-hydrogen) atoms. The number of carbonyl (C=O) groups is 1. The Hall–Kier alpha value is -0.630. The monoisotopic (exact) mass is 194 g/mol. The fourth-order valence-corrected chi connectivity index (χ4v) is 3.22. The minimum Gasteiger partial charge on any atom is -0.385 e. The molecule has 0 heterocycles. The van der Waals surface area contributed by atoms with E-state index in [4.69, 9.17) is 0 Å². The molecule has 0 aromatic carbocycles. The molecule has 2 rings (SSSR count). The second kappa shape index (κ2) is 3.50. The normalized spacial score (nSPS) is 37.1. The van der Waals surface area contributed by atoms with Crippen LogP contribution in [-0.2, 0) is 4.79 Å². The number of hydrogen-bond donors (Lipinski definition) is 1. The maximum atomic E-state index is 10.9. The first-order valence-corrected chi connectivity index (χ1v) is 5.62. The molecule has 0 spiro atoms. The van der Waals surface area contributed by atoms with E-state index in [9.17, 15) is 9.90 Å². The highest BCUT2D eigenvalue weighted by Crippen LogP contribution is 2.49. The third-order valence-corrected chi connectivity index (χ3v) is 3.91. The van der Waals surface area contributed by atoms with Crippen molar-refractivity contribution in [2.75, 3.05) is 0 Å². The Kier molecular flexibility index (Phi) is 2.48. The van der Waals surface area contributed by atoms with Crippen LogP contribution in [-0.4, -0.2) is 17.0 Å². The van der Waals surface area contributed by atoms with Gasteiger partial charge in [-0.2, -0.15) is 0 Å². The van der Waals surface area contributed by atoms with E-state index in [0.717, 1.165) is 49.5 Å². The van der Waals surface area contributed by atoms with Gasteiger partial charge in [-0.05, 0) is 42.7 Å². The molecular weight excluding hydrogens is 176 g/mol. The molecule has 0 aromatic heterocycles. The van der Waals surface area contributed by atoms with Crippen molar-refractivity contribution >= 4 is 6.29 Å². The number of hydrogen-bond acceptors (Lipinski definition) is 2. The zero-order valence-electron chi connectivity index (χ0n) is 8.75. The van der Waals surface area contributed by atoms with E-state index in [1.54, 1.807) is 0 Å². The molecule has 2 unspecified atom stereocenters. The fourth-order valence-electron chi connectivity index (χ4n) is 3.22. The highest BCUT2D eigenvalue weighted by Gasteiger charge is 2.46. The molecule has 0 saturated heterocycles. The van der Waals surface area contributed by atoms with Crippen LogP contribution in [0.3, 0.4) is 0 Å². The van der Waals surface area contributed by atoms with Gasteiger partial charge in [-0.25, -0.2) is 0 Å². The van der Waals surface area contributed by atoms with Gasteiger partial charge in [-0.3, -0.25) is 4.79 Å². The van der Waals surface area contributed by atoms with Crippen molar-refractivity contribution in [1.82, 2.24) is 0 Å². The summed E-state index contributed by atoms with van der Waals surface area (Å²) in [5.74, 6) is 0.325. The van der Waals surface area contributed by atoms with Gasteiger partial charge in [-0.1, -0.05) is 19.8 Å². The third kappa shape index (κ3) is 1.24. The molecule has 2 atom stereocenters. The average Bonchev–Trinajstić information content (AvgIpc) is 2.49. The minimum absolute atomic E-state index is 0.325. The first kappa shape index (κ1) is 9.91. The summed E-state index contributed by atoms with van der Waals surface area (Å²) in [5.41, 5.74) is 1.28. The Balaban J connectivity index is 2.34. The fraction of sp³-hybridized carbons (Fsp3) is 0.750.